The molecule has 2 aromatic carbocycles. The first-order chi connectivity index (χ1) is 16.1. The van der Waals surface area contributed by atoms with Gasteiger partial charge in [0.25, 0.3) is 5.91 Å². The number of benzene rings is 2. The van der Waals surface area contributed by atoms with E-state index in [1.165, 1.54) is 5.57 Å². The van der Waals surface area contributed by atoms with Crippen LogP contribution >= 0.6 is 0 Å². The van der Waals surface area contributed by atoms with Crippen molar-refractivity contribution in [2.45, 2.75) is 33.2 Å². The van der Waals surface area contributed by atoms with Crippen molar-refractivity contribution in [2.24, 2.45) is 0 Å². The Labute approximate surface area is 195 Å². The van der Waals surface area contributed by atoms with E-state index in [0.717, 1.165) is 55.0 Å². The topological polar surface area (TPSA) is 72.5 Å². The number of nitrogens with zero attached hydrogens (tertiary/aromatic N) is 3. The van der Waals surface area contributed by atoms with Crippen LogP contribution in [0, 0.1) is 0 Å². The van der Waals surface area contributed by atoms with Crippen LogP contribution in [0.4, 0.5) is 0 Å². The van der Waals surface area contributed by atoms with Crippen LogP contribution in [0.2, 0.25) is 0 Å². The minimum absolute atomic E-state index is 0.0596. The predicted octanol–water partition coefficient (Wildman–Crippen LogP) is 4.70. The highest BCUT2D eigenvalue weighted by Crippen LogP contribution is 2.34. The Morgan fingerprint density at radius 1 is 1.03 bits per heavy atom. The molecule has 6 nitrogen and oxygen atoms in total. The van der Waals surface area contributed by atoms with Gasteiger partial charge in [-0.25, -0.2) is 4.98 Å². The van der Waals surface area contributed by atoms with Crippen LogP contribution < -0.4 is 0 Å². The van der Waals surface area contributed by atoms with Crippen molar-refractivity contribution in [1.82, 2.24) is 19.8 Å². The minimum Gasteiger partial charge on any atom is -0.508 e. The maximum Gasteiger partial charge on any atom is 0.253 e. The van der Waals surface area contributed by atoms with Gasteiger partial charge >= 0.3 is 0 Å². The molecule has 0 aliphatic carbocycles. The molecule has 172 valence electrons. The largest absolute Gasteiger partial charge is 0.508 e. The van der Waals surface area contributed by atoms with Gasteiger partial charge in [-0.15, -0.1) is 0 Å². The monoisotopic (exact) mass is 444 g/mol. The zero-order valence-corrected chi connectivity index (χ0v) is 19.4. The number of phenols is 1. The smallest absolute Gasteiger partial charge is 0.253 e. The van der Waals surface area contributed by atoms with Gasteiger partial charge in [-0.3, -0.25) is 9.69 Å². The van der Waals surface area contributed by atoms with Gasteiger partial charge in [0, 0.05) is 44.1 Å². The van der Waals surface area contributed by atoms with Crippen LogP contribution in [0.15, 0.2) is 66.5 Å². The van der Waals surface area contributed by atoms with Crippen molar-refractivity contribution < 1.29 is 9.90 Å². The summed E-state index contributed by atoms with van der Waals surface area (Å²) in [7, 11) is 0. The van der Waals surface area contributed by atoms with Gasteiger partial charge in [0.1, 0.15) is 11.6 Å². The quantitative estimate of drug-likeness (QED) is 0.554. The number of carbonyl (C=O) groups excluding carboxylic acids is 1. The van der Waals surface area contributed by atoms with E-state index in [9.17, 15) is 9.90 Å². The number of piperidine rings is 1. The number of aromatic nitrogens is 2. The lowest BCUT2D eigenvalue weighted by atomic mass is 9.88. The molecular formula is C27H32N4O2. The van der Waals surface area contributed by atoms with Crippen LogP contribution in [-0.2, 0) is 6.54 Å². The van der Waals surface area contributed by atoms with E-state index >= 15 is 0 Å². The summed E-state index contributed by atoms with van der Waals surface area (Å²) in [5.41, 5.74) is 5.32. The zero-order chi connectivity index (χ0) is 23.2. The van der Waals surface area contributed by atoms with E-state index in [-0.39, 0.29) is 11.7 Å². The third kappa shape index (κ3) is 5.34. The van der Waals surface area contributed by atoms with Crippen molar-refractivity contribution >= 4 is 11.5 Å². The predicted molar refractivity (Wildman–Crippen MR) is 131 cm³/mol. The third-order valence-corrected chi connectivity index (χ3v) is 6.35. The summed E-state index contributed by atoms with van der Waals surface area (Å²) in [6, 6.07) is 15.4. The molecule has 3 aromatic rings. The number of nitrogens with one attached hydrogen (secondary N) is 1. The van der Waals surface area contributed by atoms with Gasteiger partial charge in [-0.05, 0) is 67.7 Å². The second kappa shape index (κ2) is 10.5. The van der Waals surface area contributed by atoms with E-state index in [1.54, 1.807) is 12.3 Å². The number of aromatic amines is 1. The number of aromatic hydroxyl groups is 1. The van der Waals surface area contributed by atoms with Crippen LogP contribution in [0.3, 0.4) is 0 Å². The van der Waals surface area contributed by atoms with Gasteiger partial charge in [-0.1, -0.05) is 29.8 Å². The molecule has 0 saturated carbocycles. The minimum atomic E-state index is 0.0596. The van der Waals surface area contributed by atoms with Crippen LogP contribution in [-0.4, -0.2) is 57.0 Å². The fourth-order valence-corrected chi connectivity index (χ4v) is 4.54. The number of likely N-dealkylation sites (tertiary alicyclic amines) is 1. The van der Waals surface area contributed by atoms with Crippen LogP contribution in [0.25, 0.3) is 5.57 Å². The number of phenolic OH excluding ortho intramolecular Hbond substituents is 1. The molecule has 4 rings (SSSR count). The lowest BCUT2D eigenvalue weighted by Gasteiger charge is -2.29. The summed E-state index contributed by atoms with van der Waals surface area (Å²) >= 11 is 0. The van der Waals surface area contributed by atoms with Crippen molar-refractivity contribution in [1.29, 1.82) is 0 Å². The average molecular weight is 445 g/mol. The molecule has 1 aliphatic heterocycles. The van der Waals surface area contributed by atoms with E-state index in [0.29, 0.717) is 18.7 Å². The molecule has 0 atom stereocenters. The average Bonchev–Trinajstić information content (AvgIpc) is 3.35. The highest BCUT2D eigenvalue weighted by atomic mass is 16.3. The second-order valence-corrected chi connectivity index (χ2v) is 8.40. The maximum atomic E-state index is 12.7. The summed E-state index contributed by atoms with van der Waals surface area (Å²) in [4.78, 5) is 24.5. The number of rotatable bonds is 7. The second-order valence-electron chi connectivity index (χ2n) is 8.40. The summed E-state index contributed by atoms with van der Waals surface area (Å²) in [6.45, 7) is 8.13. The Kier molecular flexibility index (Phi) is 7.25. The fourth-order valence-electron chi connectivity index (χ4n) is 4.54. The van der Waals surface area contributed by atoms with Crippen molar-refractivity contribution in [3.63, 3.8) is 0 Å². The molecule has 0 radical (unpaired) electrons. The first kappa shape index (κ1) is 22.8. The summed E-state index contributed by atoms with van der Waals surface area (Å²) in [6.07, 6.45) is 5.55. The first-order valence-electron chi connectivity index (χ1n) is 11.7. The Hall–Kier alpha value is -3.38. The molecule has 0 bridgehead atoms. The number of imidazole rings is 1. The molecule has 0 spiro atoms. The van der Waals surface area contributed by atoms with E-state index < -0.39 is 0 Å². The Morgan fingerprint density at radius 2 is 1.73 bits per heavy atom. The number of amides is 1. The molecule has 1 aromatic heterocycles. The molecule has 2 N–H and O–H groups in total. The number of hydrogen-bond acceptors (Lipinski definition) is 4. The molecule has 0 unspecified atom stereocenters. The zero-order valence-electron chi connectivity index (χ0n) is 19.4. The van der Waals surface area contributed by atoms with Gasteiger partial charge in [0.2, 0.25) is 0 Å². The number of hydrogen-bond donors (Lipinski definition) is 2. The van der Waals surface area contributed by atoms with Crippen molar-refractivity contribution in [3.05, 3.63) is 89.0 Å². The molecule has 1 fully saturated rings. The van der Waals surface area contributed by atoms with Gasteiger partial charge in [-0.2, -0.15) is 0 Å². The molecule has 1 saturated heterocycles. The Bertz CT molecular complexity index is 1090. The standard InChI is InChI=1S/C27H32N4O2/c1-3-31(4-2)27(33)22-10-8-20(9-11-22)26(23-6-5-7-24(32)18-23)21-12-16-30(17-13-21)19-25-28-14-15-29-25/h5-11,14-15,18,32H,3-4,12-13,16-17,19H2,1-2H3,(H,28,29). The first-order valence-corrected chi connectivity index (χ1v) is 11.7. The highest BCUT2D eigenvalue weighted by Gasteiger charge is 2.20. The molecular weight excluding hydrogens is 412 g/mol. The Balaban J connectivity index is 1.62. The van der Waals surface area contributed by atoms with E-state index in [4.69, 9.17) is 0 Å². The lowest BCUT2D eigenvalue weighted by Crippen LogP contribution is -2.31. The van der Waals surface area contributed by atoms with E-state index in [2.05, 4.69) is 14.9 Å². The van der Waals surface area contributed by atoms with Gasteiger partial charge in [0.15, 0.2) is 0 Å². The van der Waals surface area contributed by atoms with Crippen molar-refractivity contribution in [3.8, 4) is 5.75 Å². The molecule has 6 heteroatoms. The lowest BCUT2D eigenvalue weighted by molar-refractivity contribution is 0.0773. The van der Waals surface area contributed by atoms with E-state index in [1.807, 2.05) is 67.4 Å². The molecule has 1 amide bonds. The van der Waals surface area contributed by atoms with Crippen molar-refractivity contribution in [2.75, 3.05) is 26.2 Å². The summed E-state index contributed by atoms with van der Waals surface area (Å²) < 4.78 is 0. The third-order valence-electron chi connectivity index (χ3n) is 6.35. The SMILES string of the molecule is CCN(CC)C(=O)c1ccc(C(=C2CCN(Cc3ncc[nH]3)CC2)c2cccc(O)c2)cc1. The normalized spacial score (nSPS) is 14.3. The van der Waals surface area contributed by atoms with Crippen LogP contribution in [0.5, 0.6) is 5.75 Å². The fraction of sp³-hybridized carbons (Fsp3) is 0.333. The molecule has 1 aliphatic rings. The number of H-pyrrole nitrogens is 1. The molecule has 33 heavy (non-hydrogen) atoms. The molecule has 2 heterocycles. The maximum absolute atomic E-state index is 12.7. The number of carbonyl (C=O) groups is 1. The summed E-state index contributed by atoms with van der Waals surface area (Å²) in [5.74, 6) is 1.31. The van der Waals surface area contributed by atoms with Gasteiger partial charge < -0.3 is 15.0 Å². The summed E-state index contributed by atoms with van der Waals surface area (Å²) in [5, 5.41) is 10.1. The van der Waals surface area contributed by atoms with Crippen LogP contribution in [0.1, 0.15) is 54.0 Å². The highest BCUT2D eigenvalue weighted by molar-refractivity contribution is 5.95. The Morgan fingerprint density at radius 3 is 2.33 bits per heavy atom. The van der Waals surface area contributed by atoms with Gasteiger partial charge in [0.05, 0.1) is 6.54 Å².